The molecule has 1 N–H and O–H groups in total. The van der Waals surface area contributed by atoms with E-state index in [1.54, 1.807) is 12.1 Å². The van der Waals surface area contributed by atoms with Gasteiger partial charge < -0.3 is 5.11 Å². The Bertz CT molecular complexity index is 464. The molecule has 0 bridgehead atoms. The molecule has 0 aliphatic rings. The van der Waals surface area contributed by atoms with Crippen LogP contribution in [0.5, 0.6) is 0 Å². The first-order valence-electron chi connectivity index (χ1n) is 4.00. The van der Waals surface area contributed by atoms with Gasteiger partial charge in [-0.1, -0.05) is 36.4 Å². The van der Waals surface area contributed by atoms with Gasteiger partial charge in [0.2, 0.25) is 0 Å². The van der Waals surface area contributed by atoms with Crippen LogP contribution in [0.1, 0.15) is 10.4 Å². The predicted octanol–water partition coefficient (Wildman–Crippen LogP) is 0.706. The number of fused-ring (bicyclic) bond motifs is 1. The van der Waals surface area contributed by atoms with Crippen LogP contribution in [0.25, 0.3) is 10.8 Å². The molecule has 0 aliphatic heterocycles. The maximum absolute atomic E-state index is 10.8. The molecule has 0 aliphatic carbocycles. The summed E-state index contributed by atoms with van der Waals surface area (Å²) >= 11 is 0. The topological polar surface area (TPSA) is 37.3 Å². The van der Waals surface area contributed by atoms with E-state index in [-0.39, 0.29) is 75.5 Å². The third-order valence-electron chi connectivity index (χ3n) is 2.02. The summed E-state index contributed by atoms with van der Waals surface area (Å²) in [5.41, 5.74) is 0.359. The Morgan fingerprint density at radius 3 is 2.20 bits per heavy atom. The van der Waals surface area contributed by atoms with Crippen LogP contribution >= 0.6 is 0 Å². The molecular weight excluding hydrogens is 244 g/mol. The second-order valence-corrected chi connectivity index (χ2v) is 2.83. The van der Waals surface area contributed by atoms with E-state index in [1.165, 1.54) is 0 Å². The van der Waals surface area contributed by atoms with E-state index in [4.69, 9.17) is 5.11 Å². The maximum atomic E-state index is 10.8. The Morgan fingerprint density at radius 2 is 1.53 bits per heavy atom. The molecule has 2 nitrogen and oxygen atoms in total. The van der Waals surface area contributed by atoms with Crippen LogP contribution in [0.3, 0.4) is 0 Å². The van der Waals surface area contributed by atoms with E-state index in [0.29, 0.717) is 5.56 Å². The van der Waals surface area contributed by atoms with Gasteiger partial charge >= 0.3 is 81.4 Å². The van der Waals surface area contributed by atoms with Crippen molar-refractivity contribution in [2.75, 3.05) is 0 Å². The summed E-state index contributed by atoms with van der Waals surface area (Å²) in [6.07, 6.45) is 0. The van der Waals surface area contributed by atoms with Gasteiger partial charge in [0.05, 0.1) is 5.56 Å². The van der Waals surface area contributed by atoms with Crippen molar-refractivity contribution in [3.63, 3.8) is 0 Å². The zero-order valence-electron chi connectivity index (χ0n) is 6.90. The van der Waals surface area contributed by atoms with Gasteiger partial charge in [0.25, 0.3) is 0 Å². The molecule has 0 spiro atoms. The Morgan fingerprint density at radius 1 is 0.933 bits per heavy atom. The van der Waals surface area contributed by atoms with E-state index >= 15 is 0 Å². The van der Waals surface area contributed by atoms with Gasteiger partial charge in [0.15, 0.2) is 0 Å². The first-order chi connectivity index (χ1) is 6.29. The van der Waals surface area contributed by atoms with Gasteiger partial charge in [-0.15, -0.1) is 0 Å². The van der Waals surface area contributed by atoms with Crippen molar-refractivity contribution in [3.05, 3.63) is 48.0 Å². The summed E-state index contributed by atoms with van der Waals surface area (Å²) in [6, 6.07) is 12.7. The summed E-state index contributed by atoms with van der Waals surface area (Å²) in [4.78, 5) is 10.8. The van der Waals surface area contributed by atoms with Crippen molar-refractivity contribution in [2.24, 2.45) is 0 Å². The third-order valence-corrected chi connectivity index (χ3v) is 2.02. The van der Waals surface area contributed by atoms with Crippen LogP contribution in [0.15, 0.2) is 42.5 Å². The first kappa shape index (κ1) is 15.7. The van der Waals surface area contributed by atoms with Crippen LogP contribution < -0.4 is 0 Å². The number of hydrogen-bond acceptors (Lipinski definition) is 1. The van der Waals surface area contributed by atoms with Gasteiger partial charge in [0, 0.05) is 0 Å². The minimum atomic E-state index is -0.878. The molecular formula is C11H12Ca2O2. The standard InChI is InChI=1S/C11H8O2.2Ca.4H/c12-11(13)10-7-3-5-8-4-1-2-6-9(8)10;;;;;;/h1-7H,(H,12,13);;;;;;. The predicted molar refractivity (Wildman–Crippen MR) is 68.0 cm³/mol. The molecule has 0 heterocycles. The van der Waals surface area contributed by atoms with E-state index in [1.807, 2.05) is 30.3 Å². The zero-order valence-corrected chi connectivity index (χ0v) is 6.90. The second kappa shape index (κ2) is 7.10. The Kier molecular flexibility index (Phi) is 7.43. The van der Waals surface area contributed by atoms with Crippen LogP contribution in [-0.4, -0.2) is 86.6 Å². The van der Waals surface area contributed by atoms with E-state index in [0.717, 1.165) is 10.8 Å². The van der Waals surface area contributed by atoms with Crippen molar-refractivity contribution in [1.29, 1.82) is 0 Å². The number of carbonyl (C=O) groups is 1. The fourth-order valence-electron chi connectivity index (χ4n) is 1.41. The fourth-order valence-corrected chi connectivity index (χ4v) is 1.41. The minimum absolute atomic E-state index is 0. The molecule has 0 saturated heterocycles. The van der Waals surface area contributed by atoms with Crippen LogP contribution in [0, 0.1) is 0 Å². The summed E-state index contributed by atoms with van der Waals surface area (Å²) in [5.74, 6) is -0.878. The summed E-state index contributed by atoms with van der Waals surface area (Å²) in [6.45, 7) is 0. The third kappa shape index (κ3) is 3.58. The van der Waals surface area contributed by atoms with Crippen LogP contribution in [-0.2, 0) is 0 Å². The molecule has 0 unspecified atom stereocenters. The van der Waals surface area contributed by atoms with Crippen molar-refractivity contribution < 1.29 is 9.90 Å². The van der Waals surface area contributed by atoms with Crippen LogP contribution in [0.2, 0.25) is 0 Å². The summed E-state index contributed by atoms with van der Waals surface area (Å²) in [7, 11) is 0. The van der Waals surface area contributed by atoms with Gasteiger partial charge in [-0.05, 0) is 16.8 Å². The Labute approximate surface area is 148 Å². The van der Waals surface area contributed by atoms with E-state index in [9.17, 15) is 4.79 Å². The number of carboxylic acids is 1. The summed E-state index contributed by atoms with van der Waals surface area (Å²) in [5, 5.41) is 10.6. The monoisotopic (exact) mass is 256 g/mol. The molecule has 2 aromatic carbocycles. The molecule has 2 aromatic rings. The molecule has 0 fully saturated rings. The molecule has 0 saturated carbocycles. The Balaban J connectivity index is 0.000000980. The molecule has 72 valence electrons. The fraction of sp³-hybridized carbons (Fsp3) is 0. The van der Waals surface area contributed by atoms with E-state index in [2.05, 4.69) is 0 Å². The summed E-state index contributed by atoms with van der Waals surface area (Å²) < 4.78 is 0. The first-order valence-corrected chi connectivity index (χ1v) is 4.00. The molecule has 4 heteroatoms. The Hall–Kier alpha value is 0.689. The van der Waals surface area contributed by atoms with Crippen molar-refractivity contribution in [2.45, 2.75) is 0 Å². The van der Waals surface area contributed by atoms with E-state index < -0.39 is 5.97 Å². The SMILES string of the molecule is O=C(O)c1cccc2ccccc12.[CaH2].[CaH2]. The van der Waals surface area contributed by atoms with Crippen LogP contribution in [0.4, 0.5) is 0 Å². The van der Waals surface area contributed by atoms with Crippen molar-refractivity contribution in [1.82, 2.24) is 0 Å². The normalized spacial score (nSPS) is 8.80. The molecule has 0 radical (unpaired) electrons. The molecule has 0 atom stereocenters. The number of rotatable bonds is 1. The van der Waals surface area contributed by atoms with Gasteiger partial charge in [-0.25, -0.2) is 4.79 Å². The number of hydrogen-bond donors (Lipinski definition) is 1. The number of aromatic carboxylic acids is 1. The molecule has 0 aromatic heterocycles. The van der Waals surface area contributed by atoms with Crippen molar-refractivity contribution >= 4 is 92.2 Å². The quantitative estimate of drug-likeness (QED) is 0.763. The average Bonchev–Trinajstić information content (AvgIpc) is 2.17. The molecule has 15 heavy (non-hydrogen) atoms. The average molecular weight is 256 g/mol. The molecule has 2 rings (SSSR count). The van der Waals surface area contributed by atoms with Crippen molar-refractivity contribution in [3.8, 4) is 0 Å². The van der Waals surface area contributed by atoms with Gasteiger partial charge in [-0.2, -0.15) is 0 Å². The number of benzene rings is 2. The molecule has 0 amide bonds. The second-order valence-electron chi connectivity index (χ2n) is 2.83. The van der Waals surface area contributed by atoms with Gasteiger partial charge in [-0.3, -0.25) is 0 Å². The van der Waals surface area contributed by atoms with Gasteiger partial charge in [0.1, 0.15) is 0 Å². The number of carboxylic acid groups (broad SMARTS) is 1. The zero-order chi connectivity index (χ0) is 9.26.